The number of urea groups is 1. The smallest absolute Gasteiger partial charge is 0.320 e. The van der Waals surface area contributed by atoms with Crippen molar-refractivity contribution in [2.75, 3.05) is 19.6 Å². The highest BCUT2D eigenvalue weighted by Crippen LogP contribution is 2.19. The maximum Gasteiger partial charge on any atom is 0.320 e. The standard InChI is InChI=1S/C14H26N2O4/c1-10(2)16(7-4-5-13(18)19)14(20)15-8-6-12(17)11(3)9-15/h10-12,17H,4-9H2,1-3H3,(H,18,19). The molecular formula is C14H26N2O4. The van der Waals surface area contributed by atoms with Crippen LogP contribution in [0.1, 0.15) is 40.0 Å². The van der Waals surface area contributed by atoms with Crippen molar-refractivity contribution >= 4 is 12.0 Å². The molecule has 6 heteroatoms. The van der Waals surface area contributed by atoms with E-state index in [0.29, 0.717) is 32.5 Å². The van der Waals surface area contributed by atoms with Gasteiger partial charge in [0.2, 0.25) is 0 Å². The van der Waals surface area contributed by atoms with Crippen molar-refractivity contribution in [2.24, 2.45) is 5.92 Å². The largest absolute Gasteiger partial charge is 0.481 e. The predicted molar refractivity (Wildman–Crippen MR) is 75.5 cm³/mol. The lowest BCUT2D eigenvalue weighted by Gasteiger charge is -2.39. The molecule has 0 spiro atoms. The van der Waals surface area contributed by atoms with Gasteiger partial charge in [0, 0.05) is 32.1 Å². The molecule has 116 valence electrons. The number of aliphatic carboxylic acids is 1. The number of aliphatic hydroxyl groups is 1. The first-order chi connectivity index (χ1) is 9.32. The zero-order chi connectivity index (χ0) is 15.3. The molecule has 0 bridgehead atoms. The van der Waals surface area contributed by atoms with E-state index < -0.39 is 5.97 Å². The lowest BCUT2D eigenvalue weighted by Crippen LogP contribution is -2.52. The van der Waals surface area contributed by atoms with E-state index in [2.05, 4.69) is 0 Å². The Kier molecular flexibility index (Phi) is 6.26. The number of aliphatic hydroxyl groups excluding tert-OH is 1. The summed E-state index contributed by atoms with van der Waals surface area (Å²) in [5, 5.41) is 18.4. The number of likely N-dealkylation sites (tertiary alicyclic amines) is 1. The zero-order valence-electron chi connectivity index (χ0n) is 12.6. The summed E-state index contributed by atoms with van der Waals surface area (Å²) in [6.07, 6.45) is 0.809. The summed E-state index contributed by atoms with van der Waals surface area (Å²) in [6, 6.07) is -0.0115. The molecule has 0 saturated carbocycles. The molecule has 0 aromatic carbocycles. The second-order valence-electron chi connectivity index (χ2n) is 5.85. The molecule has 1 aliphatic rings. The molecule has 2 atom stereocenters. The van der Waals surface area contributed by atoms with Crippen LogP contribution in [0.25, 0.3) is 0 Å². The third-order valence-corrected chi connectivity index (χ3v) is 3.79. The van der Waals surface area contributed by atoms with Gasteiger partial charge in [-0.1, -0.05) is 6.92 Å². The van der Waals surface area contributed by atoms with E-state index in [0.717, 1.165) is 0 Å². The Morgan fingerprint density at radius 3 is 2.55 bits per heavy atom. The third-order valence-electron chi connectivity index (χ3n) is 3.79. The van der Waals surface area contributed by atoms with E-state index in [4.69, 9.17) is 5.11 Å². The molecule has 1 heterocycles. The minimum absolute atomic E-state index is 0.0402. The van der Waals surface area contributed by atoms with Crippen molar-refractivity contribution in [1.82, 2.24) is 9.80 Å². The van der Waals surface area contributed by atoms with Gasteiger partial charge in [0.15, 0.2) is 0 Å². The first-order valence-corrected chi connectivity index (χ1v) is 7.28. The molecule has 20 heavy (non-hydrogen) atoms. The van der Waals surface area contributed by atoms with Gasteiger partial charge in [0.25, 0.3) is 0 Å². The van der Waals surface area contributed by atoms with Crippen LogP contribution in [-0.4, -0.2) is 63.8 Å². The number of hydrogen-bond acceptors (Lipinski definition) is 3. The second kappa shape index (κ2) is 7.47. The normalized spacial score (nSPS) is 22.9. The minimum atomic E-state index is -0.837. The van der Waals surface area contributed by atoms with E-state index in [1.165, 1.54) is 0 Å². The van der Waals surface area contributed by atoms with E-state index in [9.17, 15) is 14.7 Å². The van der Waals surface area contributed by atoms with Crippen LogP contribution in [0.5, 0.6) is 0 Å². The molecule has 0 aromatic rings. The van der Waals surface area contributed by atoms with Gasteiger partial charge in [-0.2, -0.15) is 0 Å². The maximum absolute atomic E-state index is 12.5. The van der Waals surface area contributed by atoms with E-state index in [1.807, 2.05) is 20.8 Å². The highest BCUT2D eigenvalue weighted by Gasteiger charge is 2.30. The highest BCUT2D eigenvalue weighted by molar-refractivity contribution is 5.75. The fourth-order valence-corrected chi connectivity index (χ4v) is 2.46. The van der Waals surface area contributed by atoms with E-state index in [1.54, 1.807) is 9.80 Å². The quantitative estimate of drug-likeness (QED) is 0.800. The van der Waals surface area contributed by atoms with Gasteiger partial charge in [-0.25, -0.2) is 4.79 Å². The van der Waals surface area contributed by atoms with Crippen LogP contribution < -0.4 is 0 Å². The zero-order valence-corrected chi connectivity index (χ0v) is 12.6. The minimum Gasteiger partial charge on any atom is -0.481 e. The number of carboxylic acid groups (broad SMARTS) is 1. The van der Waals surface area contributed by atoms with Gasteiger partial charge < -0.3 is 20.0 Å². The Bertz CT molecular complexity index is 346. The molecule has 1 aliphatic heterocycles. The summed E-state index contributed by atoms with van der Waals surface area (Å²) in [7, 11) is 0. The van der Waals surface area contributed by atoms with E-state index >= 15 is 0 Å². The number of carboxylic acids is 1. The number of carbonyl (C=O) groups is 2. The van der Waals surface area contributed by atoms with Crippen LogP contribution in [0, 0.1) is 5.92 Å². The summed E-state index contributed by atoms with van der Waals surface area (Å²) in [6.45, 7) is 7.38. The molecule has 2 unspecified atom stereocenters. The summed E-state index contributed by atoms with van der Waals surface area (Å²) in [4.78, 5) is 26.5. The molecule has 1 saturated heterocycles. The molecule has 0 aliphatic carbocycles. The number of amides is 2. The van der Waals surface area contributed by atoms with Crippen LogP contribution in [0.3, 0.4) is 0 Å². The Labute approximate surface area is 120 Å². The van der Waals surface area contributed by atoms with E-state index in [-0.39, 0.29) is 30.5 Å². The number of carbonyl (C=O) groups excluding carboxylic acids is 1. The van der Waals surface area contributed by atoms with Crippen LogP contribution in [0.4, 0.5) is 4.79 Å². The van der Waals surface area contributed by atoms with Crippen LogP contribution in [-0.2, 0) is 4.79 Å². The maximum atomic E-state index is 12.5. The number of rotatable bonds is 5. The van der Waals surface area contributed by atoms with Crippen LogP contribution in [0.2, 0.25) is 0 Å². The fourth-order valence-electron chi connectivity index (χ4n) is 2.46. The van der Waals surface area contributed by atoms with Gasteiger partial charge >= 0.3 is 12.0 Å². The van der Waals surface area contributed by atoms with Crippen molar-refractivity contribution in [3.05, 3.63) is 0 Å². The molecule has 2 N–H and O–H groups in total. The fraction of sp³-hybridized carbons (Fsp3) is 0.857. The Hall–Kier alpha value is -1.30. The number of nitrogens with zero attached hydrogens (tertiary/aromatic N) is 2. The number of hydrogen-bond donors (Lipinski definition) is 2. The molecule has 0 radical (unpaired) electrons. The average molecular weight is 286 g/mol. The predicted octanol–water partition coefficient (Wildman–Crippen LogP) is 1.38. The lowest BCUT2D eigenvalue weighted by molar-refractivity contribution is -0.137. The van der Waals surface area contributed by atoms with Crippen molar-refractivity contribution in [2.45, 2.75) is 52.2 Å². The third kappa shape index (κ3) is 4.67. The van der Waals surface area contributed by atoms with Gasteiger partial charge in [0.05, 0.1) is 6.10 Å². The highest BCUT2D eigenvalue weighted by atomic mass is 16.4. The van der Waals surface area contributed by atoms with Gasteiger partial charge in [-0.05, 0) is 32.6 Å². The molecular weight excluding hydrogens is 260 g/mol. The summed E-state index contributed by atoms with van der Waals surface area (Å²) < 4.78 is 0. The molecule has 1 fully saturated rings. The van der Waals surface area contributed by atoms with Crippen molar-refractivity contribution in [3.8, 4) is 0 Å². The van der Waals surface area contributed by atoms with Crippen molar-refractivity contribution in [3.63, 3.8) is 0 Å². The summed E-state index contributed by atoms with van der Waals surface area (Å²) in [5.41, 5.74) is 0. The molecule has 1 rings (SSSR count). The average Bonchev–Trinajstić information content (AvgIpc) is 2.36. The Balaban J connectivity index is 2.57. The molecule has 6 nitrogen and oxygen atoms in total. The van der Waals surface area contributed by atoms with Crippen LogP contribution >= 0.6 is 0 Å². The molecule has 2 amide bonds. The summed E-state index contributed by atoms with van der Waals surface area (Å²) in [5.74, 6) is -0.753. The van der Waals surface area contributed by atoms with Crippen molar-refractivity contribution in [1.29, 1.82) is 0 Å². The van der Waals surface area contributed by atoms with Gasteiger partial charge in [-0.15, -0.1) is 0 Å². The van der Waals surface area contributed by atoms with Gasteiger partial charge in [0.1, 0.15) is 0 Å². The number of piperidine rings is 1. The lowest BCUT2D eigenvalue weighted by atomic mass is 9.97. The first kappa shape index (κ1) is 16.8. The Morgan fingerprint density at radius 2 is 2.05 bits per heavy atom. The Morgan fingerprint density at radius 1 is 1.40 bits per heavy atom. The monoisotopic (exact) mass is 286 g/mol. The second-order valence-corrected chi connectivity index (χ2v) is 5.85. The topological polar surface area (TPSA) is 81.1 Å². The molecule has 0 aromatic heterocycles. The summed E-state index contributed by atoms with van der Waals surface area (Å²) >= 11 is 0. The van der Waals surface area contributed by atoms with Gasteiger partial charge in [-0.3, -0.25) is 4.79 Å². The van der Waals surface area contributed by atoms with Crippen LogP contribution in [0.15, 0.2) is 0 Å². The van der Waals surface area contributed by atoms with Crippen molar-refractivity contribution < 1.29 is 19.8 Å². The SMILES string of the molecule is CC1CN(C(=O)N(CCCC(=O)O)C(C)C)CCC1O. The first-order valence-electron chi connectivity index (χ1n) is 7.28.